The van der Waals surface area contributed by atoms with Crippen LogP contribution in [0.3, 0.4) is 0 Å². The van der Waals surface area contributed by atoms with Gasteiger partial charge in [0.1, 0.15) is 40.5 Å². The number of thiazole rings is 1. The molecule has 0 saturated carbocycles. The number of amides is 3. The van der Waals surface area contributed by atoms with Crippen LogP contribution in [0.1, 0.15) is 108 Å². The van der Waals surface area contributed by atoms with Crippen molar-refractivity contribution in [2.24, 2.45) is 10.4 Å². The highest BCUT2D eigenvalue weighted by Crippen LogP contribution is 2.40. The standard InChI is InChI=1S/C51H58N12O6S2/c1-27-30(4)71-50-42(27)43(56-37(22-41(65)66)46-59-58-31(5)63(46)50)33-13-15-35(16-14-33)60-17-19-61(20-18-60)40-24-52-38(23-53-40)47(67)57-45(51(6,7)8)49(69)62-25-36(64)21-39(62)48(68)55-28(2)32-9-11-34(12-10-32)44-29(3)54-26-70-44/h9-16,23-24,26,28,36-37,39,45,64H,17-22,25H2,1-8H3,(H,55,68)(H,57,67)(H,65,66)/t28-,36+,37-,39-,45+/m0/s1. The molecule has 5 atom stereocenters. The maximum atomic E-state index is 14.3. The molecule has 6 aromatic rings. The molecule has 0 bridgehead atoms. The Hall–Kier alpha value is -6.90. The predicted molar refractivity (Wildman–Crippen MR) is 273 cm³/mol. The number of aliphatic carboxylic acids is 1. The number of hydrogen-bond donors (Lipinski definition) is 4. The van der Waals surface area contributed by atoms with Crippen molar-refractivity contribution in [3.05, 3.63) is 117 Å². The number of nitrogens with one attached hydrogen (secondary N) is 2. The molecule has 3 amide bonds. The SMILES string of the molecule is Cc1ncsc1-c1ccc([C@H](C)NC(=O)[C@@H]2C[C@@H](O)CN2C(=O)[C@@H](NC(=O)c2cnc(N3CCN(c4ccc(C5=N[C@@H](CC(=O)O)c6nnc(C)n6-c6sc(C)c(C)c65)cc4)CC3)cn2)C(C)(C)C)cc1. The van der Waals surface area contributed by atoms with Crippen molar-refractivity contribution in [3.63, 3.8) is 0 Å². The van der Waals surface area contributed by atoms with Crippen LogP contribution in [0, 0.1) is 33.1 Å². The van der Waals surface area contributed by atoms with Crippen LogP contribution < -0.4 is 20.4 Å². The summed E-state index contributed by atoms with van der Waals surface area (Å²) >= 11 is 3.20. The lowest BCUT2D eigenvalue weighted by Gasteiger charge is -2.36. The summed E-state index contributed by atoms with van der Waals surface area (Å²) in [5.41, 5.74) is 8.68. The summed E-state index contributed by atoms with van der Waals surface area (Å²) in [5, 5.41) is 36.1. The van der Waals surface area contributed by atoms with Crippen molar-refractivity contribution in [2.45, 2.75) is 98.5 Å². The van der Waals surface area contributed by atoms with Crippen LogP contribution in [0.5, 0.6) is 0 Å². The number of carboxylic acid groups (broad SMARTS) is 1. The van der Waals surface area contributed by atoms with Gasteiger partial charge in [-0.1, -0.05) is 57.2 Å². The molecule has 20 heteroatoms. The number of rotatable bonds is 12. The fraction of sp³-hybridized carbons (Fsp3) is 0.412. The molecule has 7 heterocycles. The number of aliphatic hydroxyl groups excluding tert-OH is 1. The Balaban J connectivity index is 0.821. The van der Waals surface area contributed by atoms with Gasteiger partial charge in [-0.15, -0.1) is 32.9 Å². The summed E-state index contributed by atoms with van der Waals surface area (Å²) < 4.78 is 1.95. The second-order valence-electron chi connectivity index (χ2n) is 19.6. The summed E-state index contributed by atoms with van der Waals surface area (Å²) in [4.78, 5) is 80.4. The first-order chi connectivity index (χ1) is 33.9. The van der Waals surface area contributed by atoms with Crippen LogP contribution in [0.15, 0.2) is 71.4 Å². The number of β-amino-alcohol motifs (C(OH)–C–C–N with tert-alkyl or cyclic N) is 1. The maximum Gasteiger partial charge on any atom is 0.306 e. The molecule has 0 radical (unpaired) electrons. The van der Waals surface area contributed by atoms with E-state index in [9.17, 15) is 29.4 Å². The number of aryl methyl sites for hydroxylation is 3. The Morgan fingerprint density at radius 2 is 1.55 bits per heavy atom. The molecule has 9 rings (SSSR count). The minimum Gasteiger partial charge on any atom is -0.481 e. The van der Waals surface area contributed by atoms with Gasteiger partial charge < -0.3 is 35.5 Å². The van der Waals surface area contributed by atoms with E-state index in [4.69, 9.17) is 4.99 Å². The number of aliphatic imine (C=N–C) groups is 1. The van der Waals surface area contributed by atoms with E-state index in [-0.39, 0.29) is 37.0 Å². The lowest BCUT2D eigenvalue weighted by atomic mass is 9.85. The number of carbonyl (C=O) groups excluding carboxylic acids is 3. The summed E-state index contributed by atoms with van der Waals surface area (Å²) in [6, 6.07) is 13.1. The number of likely N-dealkylation sites (tertiary alicyclic amines) is 1. The topological polar surface area (TPSA) is 224 Å². The third-order valence-electron chi connectivity index (χ3n) is 13.6. The van der Waals surface area contributed by atoms with Crippen molar-refractivity contribution in [1.29, 1.82) is 0 Å². The molecule has 370 valence electrons. The van der Waals surface area contributed by atoms with E-state index in [0.717, 1.165) is 59.7 Å². The van der Waals surface area contributed by atoms with Crippen LogP contribution in [0.2, 0.25) is 0 Å². The fourth-order valence-corrected chi connectivity index (χ4v) is 11.6. The third-order valence-corrected chi connectivity index (χ3v) is 15.8. The Morgan fingerprint density at radius 3 is 2.18 bits per heavy atom. The number of aromatic nitrogens is 6. The number of carboxylic acids is 1. The summed E-state index contributed by atoms with van der Waals surface area (Å²) in [5.74, 6) is -0.585. The number of aliphatic hydroxyl groups is 1. The van der Waals surface area contributed by atoms with Crippen molar-refractivity contribution < 1.29 is 29.4 Å². The first-order valence-electron chi connectivity index (χ1n) is 23.7. The zero-order chi connectivity index (χ0) is 50.5. The molecule has 0 unspecified atom stereocenters. The number of piperazine rings is 1. The molecule has 2 aromatic carbocycles. The maximum absolute atomic E-state index is 14.3. The van der Waals surface area contributed by atoms with Gasteiger partial charge in [0.2, 0.25) is 11.8 Å². The van der Waals surface area contributed by atoms with Crippen molar-refractivity contribution >= 4 is 63.6 Å². The second kappa shape index (κ2) is 19.7. The van der Waals surface area contributed by atoms with Gasteiger partial charge in [-0.2, -0.15) is 0 Å². The first kappa shape index (κ1) is 49.1. The minimum absolute atomic E-state index is 0.0414. The fourth-order valence-electron chi connectivity index (χ4n) is 9.54. The molecule has 3 aliphatic rings. The molecule has 71 heavy (non-hydrogen) atoms. The van der Waals surface area contributed by atoms with E-state index in [2.05, 4.69) is 71.6 Å². The zero-order valence-electron chi connectivity index (χ0n) is 41.0. The summed E-state index contributed by atoms with van der Waals surface area (Å²) in [6.07, 6.45) is 1.93. The van der Waals surface area contributed by atoms with Crippen LogP contribution in [-0.2, 0) is 14.4 Å². The van der Waals surface area contributed by atoms with Gasteiger partial charge in [-0.3, -0.25) is 28.7 Å². The van der Waals surface area contributed by atoms with Gasteiger partial charge in [0, 0.05) is 60.8 Å². The van der Waals surface area contributed by atoms with Gasteiger partial charge in [0.05, 0.1) is 52.8 Å². The van der Waals surface area contributed by atoms with E-state index in [1.807, 2.05) is 88.0 Å². The second-order valence-corrected chi connectivity index (χ2v) is 21.6. The van der Waals surface area contributed by atoms with E-state index in [1.165, 1.54) is 11.1 Å². The van der Waals surface area contributed by atoms with E-state index in [1.54, 1.807) is 28.9 Å². The Kier molecular flexibility index (Phi) is 13.6. The molecule has 3 aliphatic heterocycles. The highest BCUT2D eigenvalue weighted by molar-refractivity contribution is 7.15. The average Bonchev–Trinajstić information content (AvgIpc) is 4.12. The van der Waals surface area contributed by atoms with Crippen LogP contribution in [0.25, 0.3) is 15.4 Å². The van der Waals surface area contributed by atoms with E-state index in [0.29, 0.717) is 43.6 Å². The zero-order valence-corrected chi connectivity index (χ0v) is 42.6. The number of nitrogens with zero attached hydrogens (tertiary/aromatic N) is 10. The summed E-state index contributed by atoms with van der Waals surface area (Å²) in [7, 11) is 0. The first-order valence-corrected chi connectivity index (χ1v) is 25.4. The number of carbonyl (C=O) groups is 4. The van der Waals surface area contributed by atoms with E-state index >= 15 is 0 Å². The molecule has 2 saturated heterocycles. The lowest BCUT2D eigenvalue weighted by molar-refractivity contribution is -0.142. The number of hydrogen-bond acceptors (Lipinski definition) is 15. The molecule has 18 nitrogen and oxygen atoms in total. The number of anilines is 2. The monoisotopic (exact) mass is 998 g/mol. The number of thiophene rings is 1. The lowest BCUT2D eigenvalue weighted by Crippen LogP contribution is -2.58. The van der Waals surface area contributed by atoms with Crippen molar-refractivity contribution in [3.8, 4) is 15.4 Å². The normalized spacial score (nSPS) is 18.8. The van der Waals surface area contributed by atoms with Crippen LogP contribution >= 0.6 is 22.7 Å². The molecule has 0 spiro atoms. The Labute approximate surface area is 419 Å². The van der Waals surface area contributed by atoms with Gasteiger partial charge >= 0.3 is 5.97 Å². The predicted octanol–water partition coefficient (Wildman–Crippen LogP) is 6.15. The number of fused-ring (bicyclic) bond motifs is 3. The summed E-state index contributed by atoms with van der Waals surface area (Å²) in [6.45, 7) is 18.0. The smallest absolute Gasteiger partial charge is 0.306 e. The highest BCUT2D eigenvalue weighted by Gasteiger charge is 2.45. The molecule has 4 aromatic heterocycles. The molecular formula is C51H58N12O6S2. The van der Waals surface area contributed by atoms with Crippen molar-refractivity contribution in [2.75, 3.05) is 42.5 Å². The minimum atomic E-state index is -1.04. The molecule has 2 fully saturated rings. The van der Waals surface area contributed by atoms with Gasteiger partial charge in [0.25, 0.3) is 5.91 Å². The highest BCUT2D eigenvalue weighted by atomic mass is 32.1. The largest absolute Gasteiger partial charge is 0.481 e. The van der Waals surface area contributed by atoms with Crippen LogP contribution in [0.4, 0.5) is 11.5 Å². The average molecular weight is 999 g/mol. The van der Waals surface area contributed by atoms with Gasteiger partial charge in [-0.05, 0) is 68.9 Å². The third kappa shape index (κ3) is 9.92. The van der Waals surface area contributed by atoms with Gasteiger partial charge in [0.15, 0.2) is 5.82 Å². The van der Waals surface area contributed by atoms with E-state index < -0.39 is 47.4 Å². The Bertz CT molecular complexity index is 3010. The quantitative estimate of drug-likeness (QED) is 0.108. The molecule has 0 aliphatic carbocycles. The molecule has 4 N–H and O–H groups in total. The molecular weight excluding hydrogens is 941 g/mol. The Morgan fingerprint density at radius 1 is 0.859 bits per heavy atom. The van der Waals surface area contributed by atoms with Crippen molar-refractivity contribution in [1.82, 2.24) is 45.2 Å². The van der Waals surface area contributed by atoms with Gasteiger partial charge in [-0.25, -0.2) is 15.0 Å². The van der Waals surface area contributed by atoms with Crippen LogP contribution in [-0.4, -0.2) is 125 Å². The number of benzene rings is 2.